The maximum Gasteiger partial charge on any atom is 0.0543 e. The van der Waals surface area contributed by atoms with Gasteiger partial charge < -0.3 is 10.4 Å². The number of hydrogen-bond acceptors (Lipinski definition) is 3. The fourth-order valence-corrected chi connectivity index (χ4v) is 2.32. The molecule has 0 radical (unpaired) electrons. The van der Waals surface area contributed by atoms with Crippen molar-refractivity contribution >= 4 is 0 Å². The van der Waals surface area contributed by atoms with Gasteiger partial charge in [0.25, 0.3) is 0 Å². The highest BCUT2D eigenvalue weighted by atomic mass is 16.3. The average Bonchev–Trinajstić information content (AvgIpc) is 2.72. The van der Waals surface area contributed by atoms with E-state index in [2.05, 4.69) is 22.4 Å². The molecule has 3 heteroatoms. The number of aliphatic hydroxyl groups is 1. The Morgan fingerprint density at radius 3 is 2.81 bits per heavy atom. The van der Waals surface area contributed by atoms with Gasteiger partial charge in [0.05, 0.1) is 6.10 Å². The van der Waals surface area contributed by atoms with Crippen molar-refractivity contribution in [3.63, 3.8) is 0 Å². The van der Waals surface area contributed by atoms with Gasteiger partial charge in [-0.3, -0.25) is 4.98 Å². The SMILES string of the molecule is OC1CCC(CNCCc2ccncc2)C1. The highest BCUT2D eigenvalue weighted by Gasteiger charge is 2.21. The van der Waals surface area contributed by atoms with Crippen LogP contribution < -0.4 is 5.32 Å². The molecule has 2 unspecified atom stereocenters. The zero-order valence-corrected chi connectivity index (χ0v) is 9.60. The summed E-state index contributed by atoms with van der Waals surface area (Å²) in [5.74, 6) is 0.674. The first-order valence-electron chi connectivity index (χ1n) is 6.12. The molecule has 88 valence electrons. The summed E-state index contributed by atoms with van der Waals surface area (Å²) in [4.78, 5) is 4.00. The van der Waals surface area contributed by atoms with E-state index in [1.165, 1.54) is 12.0 Å². The van der Waals surface area contributed by atoms with E-state index in [0.717, 1.165) is 32.4 Å². The van der Waals surface area contributed by atoms with Gasteiger partial charge in [-0.25, -0.2) is 0 Å². The second-order valence-corrected chi connectivity index (χ2v) is 4.64. The van der Waals surface area contributed by atoms with Crippen molar-refractivity contribution in [2.24, 2.45) is 5.92 Å². The molecule has 0 aromatic carbocycles. The summed E-state index contributed by atoms with van der Waals surface area (Å²) in [6.07, 6.45) is 7.80. The van der Waals surface area contributed by atoms with Crippen LogP contribution in [-0.4, -0.2) is 29.3 Å². The molecule has 1 aliphatic rings. The molecule has 1 heterocycles. The van der Waals surface area contributed by atoms with E-state index in [9.17, 15) is 5.11 Å². The Morgan fingerprint density at radius 2 is 2.12 bits per heavy atom. The molecule has 0 amide bonds. The predicted octanol–water partition coefficient (Wildman–Crippen LogP) is 1.37. The highest BCUT2D eigenvalue weighted by Crippen LogP contribution is 2.24. The number of rotatable bonds is 5. The topological polar surface area (TPSA) is 45.1 Å². The lowest BCUT2D eigenvalue weighted by Crippen LogP contribution is -2.24. The normalized spacial score (nSPS) is 24.8. The average molecular weight is 220 g/mol. The first-order chi connectivity index (χ1) is 7.84. The molecule has 0 spiro atoms. The first-order valence-corrected chi connectivity index (χ1v) is 6.12. The molecule has 2 rings (SSSR count). The Bertz CT molecular complexity index is 302. The maximum absolute atomic E-state index is 9.40. The molecule has 16 heavy (non-hydrogen) atoms. The van der Waals surface area contributed by atoms with E-state index in [4.69, 9.17) is 0 Å². The van der Waals surface area contributed by atoms with Crippen molar-refractivity contribution < 1.29 is 5.11 Å². The third kappa shape index (κ3) is 3.58. The minimum absolute atomic E-state index is 0.0491. The quantitative estimate of drug-likeness (QED) is 0.737. The van der Waals surface area contributed by atoms with Gasteiger partial charge in [-0.15, -0.1) is 0 Å². The molecule has 1 saturated carbocycles. The number of nitrogens with zero attached hydrogens (tertiary/aromatic N) is 1. The van der Waals surface area contributed by atoms with Gasteiger partial charge >= 0.3 is 0 Å². The summed E-state index contributed by atoms with van der Waals surface area (Å²) in [7, 11) is 0. The molecule has 1 aromatic rings. The lowest BCUT2D eigenvalue weighted by atomic mass is 10.1. The Labute approximate surface area is 96.9 Å². The molecular formula is C13H20N2O. The van der Waals surface area contributed by atoms with Crippen molar-refractivity contribution in [1.29, 1.82) is 0 Å². The highest BCUT2D eigenvalue weighted by molar-refractivity contribution is 5.09. The van der Waals surface area contributed by atoms with Crippen LogP contribution in [0.4, 0.5) is 0 Å². The van der Waals surface area contributed by atoms with Crippen LogP contribution in [0.3, 0.4) is 0 Å². The number of nitrogens with one attached hydrogen (secondary N) is 1. The van der Waals surface area contributed by atoms with Crippen LogP contribution in [0.15, 0.2) is 24.5 Å². The van der Waals surface area contributed by atoms with E-state index in [1.807, 2.05) is 12.4 Å². The molecule has 0 aliphatic heterocycles. The fourth-order valence-electron chi connectivity index (χ4n) is 2.32. The van der Waals surface area contributed by atoms with Crippen LogP contribution in [0.25, 0.3) is 0 Å². The molecule has 2 atom stereocenters. The van der Waals surface area contributed by atoms with Crippen molar-refractivity contribution in [3.05, 3.63) is 30.1 Å². The number of hydrogen-bond donors (Lipinski definition) is 2. The summed E-state index contributed by atoms with van der Waals surface area (Å²) in [6, 6.07) is 4.11. The van der Waals surface area contributed by atoms with Crippen LogP contribution >= 0.6 is 0 Å². The third-order valence-electron chi connectivity index (χ3n) is 3.29. The number of aromatic nitrogens is 1. The Morgan fingerprint density at radius 1 is 1.31 bits per heavy atom. The van der Waals surface area contributed by atoms with Crippen LogP contribution in [0.1, 0.15) is 24.8 Å². The largest absolute Gasteiger partial charge is 0.393 e. The lowest BCUT2D eigenvalue weighted by Gasteiger charge is -2.10. The molecular weight excluding hydrogens is 200 g/mol. The molecule has 1 aromatic heterocycles. The minimum Gasteiger partial charge on any atom is -0.393 e. The Hall–Kier alpha value is -0.930. The monoisotopic (exact) mass is 220 g/mol. The fraction of sp³-hybridized carbons (Fsp3) is 0.615. The summed E-state index contributed by atoms with van der Waals surface area (Å²) in [5.41, 5.74) is 1.33. The van der Waals surface area contributed by atoms with Crippen molar-refractivity contribution in [2.45, 2.75) is 31.8 Å². The molecule has 0 bridgehead atoms. The van der Waals surface area contributed by atoms with Gasteiger partial charge in [0, 0.05) is 12.4 Å². The lowest BCUT2D eigenvalue weighted by molar-refractivity contribution is 0.177. The third-order valence-corrected chi connectivity index (χ3v) is 3.29. The van der Waals surface area contributed by atoms with Gasteiger partial charge in [-0.05, 0) is 62.4 Å². The van der Waals surface area contributed by atoms with E-state index in [0.29, 0.717) is 5.92 Å². The van der Waals surface area contributed by atoms with Crippen molar-refractivity contribution in [3.8, 4) is 0 Å². The Kier molecular flexibility index (Phi) is 4.31. The molecule has 1 aliphatic carbocycles. The zero-order valence-electron chi connectivity index (χ0n) is 9.60. The van der Waals surface area contributed by atoms with Gasteiger partial charge in [0.2, 0.25) is 0 Å². The van der Waals surface area contributed by atoms with Crippen LogP contribution in [-0.2, 0) is 6.42 Å². The molecule has 2 N–H and O–H groups in total. The summed E-state index contributed by atoms with van der Waals surface area (Å²) >= 11 is 0. The smallest absolute Gasteiger partial charge is 0.0543 e. The van der Waals surface area contributed by atoms with E-state index in [1.54, 1.807) is 0 Å². The van der Waals surface area contributed by atoms with Gasteiger partial charge in [-0.2, -0.15) is 0 Å². The Balaban J connectivity index is 1.59. The zero-order chi connectivity index (χ0) is 11.2. The summed E-state index contributed by atoms with van der Waals surface area (Å²) in [5, 5.41) is 12.9. The summed E-state index contributed by atoms with van der Waals surface area (Å²) < 4.78 is 0. The van der Waals surface area contributed by atoms with Crippen LogP contribution in [0.2, 0.25) is 0 Å². The number of aliphatic hydroxyl groups excluding tert-OH is 1. The van der Waals surface area contributed by atoms with Crippen LogP contribution in [0.5, 0.6) is 0 Å². The van der Waals surface area contributed by atoms with E-state index in [-0.39, 0.29) is 6.10 Å². The first kappa shape index (κ1) is 11.6. The minimum atomic E-state index is -0.0491. The van der Waals surface area contributed by atoms with Gasteiger partial charge in [0.1, 0.15) is 0 Å². The van der Waals surface area contributed by atoms with Crippen molar-refractivity contribution in [1.82, 2.24) is 10.3 Å². The second kappa shape index (κ2) is 5.97. The summed E-state index contributed by atoms with van der Waals surface area (Å²) in [6.45, 7) is 2.05. The van der Waals surface area contributed by atoms with E-state index < -0.39 is 0 Å². The molecule has 1 fully saturated rings. The second-order valence-electron chi connectivity index (χ2n) is 4.64. The van der Waals surface area contributed by atoms with Crippen molar-refractivity contribution in [2.75, 3.05) is 13.1 Å². The van der Waals surface area contributed by atoms with Gasteiger partial charge in [-0.1, -0.05) is 0 Å². The van der Waals surface area contributed by atoms with E-state index >= 15 is 0 Å². The van der Waals surface area contributed by atoms with Gasteiger partial charge in [0.15, 0.2) is 0 Å². The maximum atomic E-state index is 9.40. The predicted molar refractivity (Wildman–Crippen MR) is 64.2 cm³/mol. The number of pyridine rings is 1. The molecule has 3 nitrogen and oxygen atoms in total. The standard InChI is InChI=1S/C13H20N2O/c16-13-2-1-12(9-13)10-15-8-5-11-3-6-14-7-4-11/h3-4,6-7,12-13,15-16H,1-2,5,8-10H2. The van der Waals surface area contributed by atoms with Crippen LogP contribution in [0, 0.1) is 5.92 Å². The molecule has 0 saturated heterocycles.